The molecule has 1 aliphatic rings. The number of aryl methyl sites for hydroxylation is 2. The molecule has 0 radical (unpaired) electrons. The average molecular weight is 373 g/mol. The summed E-state index contributed by atoms with van der Waals surface area (Å²) < 4.78 is 12.0. The van der Waals surface area contributed by atoms with Crippen LogP contribution in [0.2, 0.25) is 0 Å². The molecule has 10 heteroatoms. The van der Waals surface area contributed by atoms with Crippen LogP contribution < -0.4 is 10.9 Å². The largest absolute Gasteiger partial charge is 0.376 e. The highest BCUT2D eigenvalue weighted by Gasteiger charge is 2.27. The number of hydrogen-bond donors (Lipinski definition) is 1. The molecule has 4 heterocycles. The van der Waals surface area contributed by atoms with E-state index in [1.807, 2.05) is 0 Å². The molecular formula is C16H15N5O4S. The van der Waals surface area contributed by atoms with Crippen LogP contribution >= 0.6 is 11.3 Å². The quantitative estimate of drug-likeness (QED) is 0.741. The van der Waals surface area contributed by atoms with Gasteiger partial charge in [0.2, 0.25) is 0 Å². The monoisotopic (exact) mass is 373 g/mol. The number of hydrogen-bond acceptors (Lipinski definition) is 8. The second-order valence-electron chi connectivity index (χ2n) is 5.79. The van der Waals surface area contributed by atoms with Gasteiger partial charge >= 0.3 is 0 Å². The van der Waals surface area contributed by atoms with Crippen LogP contribution in [-0.4, -0.2) is 32.4 Å². The Bertz CT molecular complexity index is 1050. The molecule has 3 aromatic rings. The fraction of sp³-hybridized carbons (Fsp3) is 0.312. The fourth-order valence-electron chi connectivity index (χ4n) is 2.74. The molecule has 0 spiro atoms. The van der Waals surface area contributed by atoms with Gasteiger partial charge in [-0.25, -0.2) is 4.68 Å². The van der Waals surface area contributed by atoms with Crippen molar-refractivity contribution in [2.24, 2.45) is 7.05 Å². The van der Waals surface area contributed by atoms with Crippen molar-refractivity contribution in [3.63, 3.8) is 0 Å². The SMILES string of the molecule is Cc1noc(-c2c(NC(=O)c3ccc(=O)n(C)n3)sc3c2CCOC3)n1. The van der Waals surface area contributed by atoms with Gasteiger partial charge in [0.1, 0.15) is 10.7 Å². The van der Waals surface area contributed by atoms with E-state index in [-0.39, 0.29) is 11.3 Å². The summed E-state index contributed by atoms with van der Waals surface area (Å²) in [5, 5.41) is 11.3. The van der Waals surface area contributed by atoms with Gasteiger partial charge in [0.15, 0.2) is 5.82 Å². The lowest BCUT2D eigenvalue weighted by Crippen LogP contribution is -2.23. The summed E-state index contributed by atoms with van der Waals surface area (Å²) in [5.41, 5.74) is 1.63. The van der Waals surface area contributed by atoms with Crippen molar-refractivity contribution in [2.45, 2.75) is 20.0 Å². The number of rotatable bonds is 3. The molecule has 1 N–H and O–H groups in total. The highest BCUT2D eigenvalue weighted by molar-refractivity contribution is 7.17. The zero-order chi connectivity index (χ0) is 18.3. The molecule has 0 saturated carbocycles. The Morgan fingerprint density at radius 3 is 2.96 bits per heavy atom. The number of nitrogens with one attached hydrogen (secondary N) is 1. The van der Waals surface area contributed by atoms with Gasteiger partial charge in [-0.2, -0.15) is 10.1 Å². The number of carbonyl (C=O) groups excluding carboxylic acids is 1. The predicted octanol–water partition coefficient (Wildman–Crippen LogP) is 1.53. The summed E-state index contributed by atoms with van der Waals surface area (Å²) in [4.78, 5) is 29.4. The van der Waals surface area contributed by atoms with E-state index in [1.165, 1.54) is 30.5 Å². The number of thiophene rings is 1. The summed E-state index contributed by atoms with van der Waals surface area (Å²) in [6.07, 6.45) is 0.705. The van der Waals surface area contributed by atoms with Gasteiger partial charge in [0, 0.05) is 18.0 Å². The van der Waals surface area contributed by atoms with Gasteiger partial charge in [-0.1, -0.05) is 5.16 Å². The first-order chi connectivity index (χ1) is 12.5. The van der Waals surface area contributed by atoms with Crippen molar-refractivity contribution >= 4 is 22.2 Å². The van der Waals surface area contributed by atoms with Crippen molar-refractivity contribution in [3.05, 3.63) is 44.4 Å². The number of aromatic nitrogens is 4. The first-order valence-corrected chi connectivity index (χ1v) is 8.73. The molecule has 0 unspecified atom stereocenters. The van der Waals surface area contributed by atoms with Crippen LogP contribution in [-0.2, 0) is 24.8 Å². The zero-order valence-electron chi connectivity index (χ0n) is 14.1. The minimum Gasteiger partial charge on any atom is -0.376 e. The maximum Gasteiger partial charge on any atom is 0.276 e. The van der Waals surface area contributed by atoms with Gasteiger partial charge in [-0.15, -0.1) is 11.3 Å². The van der Waals surface area contributed by atoms with E-state index >= 15 is 0 Å². The molecule has 1 amide bonds. The molecule has 0 bridgehead atoms. The van der Waals surface area contributed by atoms with E-state index in [2.05, 4.69) is 20.6 Å². The van der Waals surface area contributed by atoms with Crippen molar-refractivity contribution in [1.29, 1.82) is 0 Å². The minimum atomic E-state index is -0.419. The van der Waals surface area contributed by atoms with E-state index in [0.717, 1.165) is 20.7 Å². The first-order valence-electron chi connectivity index (χ1n) is 7.91. The Kier molecular flexibility index (Phi) is 4.13. The van der Waals surface area contributed by atoms with Crippen LogP contribution in [0.5, 0.6) is 0 Å². The van der Waals surface area contributed by atoms with Crippen molar-refractivity contribution < 1.29 is 14.1 Å². The van der Waals surface area contributed by atoms with E-state index in [1.54, 1.807) is 6.92 Å². The molecule has 0 saturated heterocycles. The molecule has 0 fully saturated rings. The van der Waals surface area contributed by atoms with Crippen LogP contribution in [0.3, 0.4) is 0 Å². The van der Waals surface area contributed by atoms with Gasteiger partial charge in [-0.3, -0.25) is 9.59 Å². The Hall–Kier alpha value is -2.85. The number of fused-ring (bicyclic) bond motifs is 1. The third kappa shape index (κ3) is 2.93. The van der Waals surface area contributed by atoms with Gasteiger partial charge in [0.05, 0.1) is 18.8 Å². The van der Waals surface area contributed by atoms with Crippen molar-refractivity contribution in [1.82, 2.24) is 19.9 Å². The van der Waals surface area contributed by atoms with Crippen molar-refractivity contribution in [2.75, 3.05) is 11.9 Å². The molecule has 0 aliphatic carbocycles. The average Bonchev–Trinajstić information content (AvgIpc) is 3.20. The third-order valence-corrected chi connectivity index (χ3v) is 5.10. The van der Waals surface area contributed by atoms with Crippen LogP contribution in [0.1, 0.15) is 26.8 Å². The number of anilines is 1. The van der Waals surface area contributed by atoms with Crippen LogP contribution in [0.25, 0.3) is 11.5 Å². The molecule has 134 valence electrons. The van der Waals surface area contributed by atoms with Gasteiger partial charge in [-0.05, 0) is 25.0 Å². The maximum absolute atomic E-state index is 12.6. The summed E-state index contributed by atoms with van der Waals surface area (Å²) in [7, 11) is 1.49. The summed E-state index contributed by atoms with van der Waals surface area (Å²) in [6.45, 7) is 2.81. The third-order valence-electron chi connectivity index (χ3n) is 3.98. The van der Waals surface area contributed by atoms with Crippen LogP contribution in [0.15, 0.2) is 21.5 Å². The van der Waals surface area contributed by atoms with E-state index < -0.39 is 5.91 Å². The number of amides is 1. The normalized spacial score (nSPS) is 13.5. The fourth-order valence-corrected chi connectivity index (χ4v) is 3.91. The lowest BCUT2D eigenvalue weighted by Gasteiger charge is -2.12. The van der Waals surface area contributed by atoms with Crippen LogP contribution in [0.4, 0.5) is 5.00 Å². The second-order valence-corrected chi connectivity index (χ2v) is 6.90. The smallest absolute Gasteiger partial charge is 0.276 e. The number of ether oxygens (including phenoxy) is 1. The Labute approximate surface area is 151 Å². The standard InChI is InChI=1S/C16H15N5O4S/c1-8-17-15(25-20-8)13-9-5-6-24-7-11(9)26-16(13)18-14(23)10-3-4-12(22)21(2)19-10/h3-4H,5-7H2,1-2H3,(H,18,23). The highest BCUT2D eigenvalue weighted by Crippen LogP contribution is 2.42. The molecule has 4 rings (SSSR count). The predicted molar refractivity (Wildman–Crippen MR) is 93.1 cm³/mol. The van der Waals surface area contributed by atoms with Crippen molar-refractivity contribution in [3.8, 4) is 11.5 Å². The summed E-state index contributed by atoms with van der Waals surface area (Å²) >= 11 is 1.42. The number of carbonyl (C=O) groups is 1. The van der Waals surface area contributed by atoms with Crippen LogP contribution in [0, 0.1) is 6.92 Å². The van der Waals surface area contributed by atoms with E-state index in [0.29, 0.717) is 36.4 Å². The number of nitrogens with zero attached hydrogens (tertiary/aromatic N) is 4. The highest BCUT2D eigenvalue weighted by atomic mass is 32.1. The molecule has 0 atom stereocenters. The first kappa shape index (κ1) is 16.6. The lowest BCUT2D eigenvalue weighted by atomic mass is 10.1. The molecule has 0 aromatic carbocycles. The van der Waals surface area contributed by atoms with Gasteiger partial charge < -0.3 is 14.6 Å². The summed E-state index contributed by atoms with van der Waals surface area (Å²) in [5.74, 6) is 0.465. The molecule has 26 heavy (non-hydrogen) atoms. The topological polar surface area (TPSA) is 112 Å². The zero-order valence-corrected chi connectivity index (χ0v) is 14.9. The maximum atomic E-state index is 12.6. The second kappa shape index (κ2) is 6.46. The minimum absolute atomic E-state index is 0.141. The molecular weight excluding hydrogens is 358 g/mol. The summed E-state index contributed by atoms with van der Waals surface area (Å²) in [6, 6.07) is 2.70. The molecule has 9 nitrogen and oxygen atoms in total. The molecule has 3 aromatic heterocycles. The van der Waals surface area contributed by atoms with Gasteiger partial charge in [0.25, 0.3) is 17.4 Å². The molecule has 1 aliphatic heterocycles. The van der Waals surface area contributed by atoms with E-state index in [4.69, 9.17) is 9.26 Å². The lowest BCUT2D eigenvalue weighted by molar-refractivity contribution is 0.102. The Balaban J connectivity index is 1.74. The van der Waals surface area contributed by atoms with E-state index in [9.17, 15) is 9.59 Å². The Morgan fingerprint density at radius 1 is 1.38 bits per heavy atom. The Morgan fingerprint density at radius 2 is 2.23 bits per heavy atom.